The normalized spacial score (nSPS) is 13.6. The molecule has 3 rings (SSSR count). The number of hydrogen-bond acceptors (Lipinski definition) is 6. The lowest BCUT2D eigenvalue weighted by molar-refractivity contribution is 0.0616. The van der Waals surface area contributed by atoms with E-state index in [1.54, 1.807) is 31.1 Å². The molecule has 0 bridgehead atoms. The number of aliphatic imine (C=N–C) groups is 1. The Balaban J connectivity index is 1.65. The minimum atomic E-state index is -1.10. The fourth-order valence-corrected chi connectivity index (χ4v) is 3.09. The maximum atomic E-state index is 10.9. The molecule has 0 aliphatic carbocycles. The van der Waals surface area contributed by atoms with Gasteiger partial charge in [0.2, 0.25) is 0 Å². The molecule has 0 saturated carbocycles. The zero-order valence-corrected chi connectivity index (χ0v) is 19.3. The van der Waals surface area contributed by atoms with E-state index in [4.69, 9.17) is 4.74 Å². The molecule has 3 aromatic rings. The van der Waals surface area contributed by atoms with Crippen LogP contribution in [0.15, 0.2) is 41.7 Å². The Morgan fingerprint density at radius 1 is 1.19 bits per heavy atom. The summed E-state index contributed by atoms with van der Waals surface area (Å²) in [6, 6.07) is 7.98. The summed E-state index contributed by atoms with van der Waals surface area (Å²) in [7, 11) is 5.39. The van der Waals surface area contributed by atoms with Gasteiger partial charge in [-0.3, -0.25) is 4.68 Å². The molecule has 32 heavy (non-hydrogen) atoms. The van der Waals surface area contributed by atoms with Crippen LogP contribution in [0.3, 0.4) is 0 Å². The summed E-state index contributed by atoms with van der Waals surface area (Å²) in [6.45, 7) is 4.95. The highest BCUT2D eigenvalue weighted by Crippen LogP contribution is 2.18. The Morgan fingerprint density at radius 3 is 2.53 bits per heavy atom. The van der Waals surface area contributed by atoms with Crippen LogP contribution < -0.4 is 15.4 Å². The van der Waals surface area contributed by atoms with E-state index in [0.717, 1.165) is 29.4 Å². The maximum Gasteiger partial charge on any atom is 0.191 e. The molecule has 0 radical (unpaired) electrons. The number of rotatable bonds is 9. The van der Waals surface area contributed by atoms with Crippen LogP contribution in [0, 0.1) is 6.92 Å². The molecule has 2 heterocycles. The van der Waals surface area contributed by atoms with E-state index in [9.17, 15) is 5.11 Å². The summed E-state index contributed by atoms with van der Waals surface area (Å²) in [4.78, 5) is 4.65. The molecule has 3 N–H and O–H groups in total. The number of hydrogen-bond donors (Lipinski definition) is 3. The minimum absolute atomic E-state index is 0.269. The predicted molar refractivity (Wildman–Crippen MR) is 122 cm³/mol. The number of guanidine groups is 1. The third-order valence-corrected chi connectivity index (χ3v) is 5.35. The molecule has 0 aliphatic heterocycles. The van der Waals surface area contributed by atoms with Gasteiger partial charge < -0.3 is 25.0 Å². The number of methoxy groups -OCH3 is 1. The lowest BCUT2D eigenvalue weighted by Gasteiger charge is -2.24. The molecule has 10 heteroatoms. The van der Waals surface area contributed by atoms with Crippen molar-refractivity contribution in [1.29, 1.82) is 0 Å². The molecule has 2 aromatic heterocycles. The third kappa shape index (κ3) is 6.07. The second-order valence-electron chi connectivity index (χ2n) is 7.94. The lowest BCUT2D eigenvalue weighted by Crippen LogP contribution is -2.45. The molecule has 0 amide bonds. The SMILES string of the molecule is COc1ccc(CCNC(=NCc2nnc(C)n2C)NCC(C)(O)c2cnn(C)c2)cc1. The van der Waals surface area contributed by atoms with E-state index >= 15 is 0 Å². The molecular weight excluding hydrogens is 408 g/mol. The van der Waals surface area contributed by atoms with E-state index in [1.807, 2.05) is 49.9 Å². The number of aliphatic hydroxyl groups is 1. The van der Waals surface area contributed by atoms with Crippen molar-refractivity contribution in [3.8, 4) is 5.75 Å². The van der Waals surface area contributed by atoms with Crippen molar-refractivity contribution in [2.45, 2.75) is 32.4 Å². The van der Waals surface area contributed by atoms with Gasteiger partial charge >= 0.3 is 0 Å². The second kappa shape index (κ2) is 10.3. The summed E-state index contributed by atoms with van der Waals surface area (Å²) in [5.74, 6) is 3.01. The monoisotopic (exact) mass is 440 g/mol. The Labute approximate surface area is 188 Å². The van der Waals surface area contributed by atoms with E-state index in [2.05, 4.69) is 30.9 Å². The topological polar surface area (TPSA) is 114 Å². The average Bonchev–Trinajstić information content (AvgIpc) is 3.36. The number of nitrogens with zero attached hydrogens (tertiary/aromatic N) is 6. The van der Waals surface area contributed by atoms with Crippen LogP contribution in [0.2, 0.25) is 0 Å². The van der Waals surface area contributed by atoms with Crippen molar-refractivity contribution in [2.75, 3.05) is 20.2 Å². The maximum absolute atomic E-state index is 10.9. The first-order valence-electron chi connectivity index (χ1n) is 10.5. The van der Waals surface area contributed by atoms with Gasteiger partial charge in [-0.2, -0.15) is 5.10 Å². The van der Waals surface area contributed by atoms with Gasteiger partial charge in [-0.05, 0) is 38.0 Å². The van der Waals surface area contributed by atoms with Gasteiger partial charge in [0.05, 0.1) is 19.9 Å². The first kappa shape index (κ1) is 23.3. The standard InChI is InChI=1S/C22H32N8O2/c1-16-27-28-20(30(16)4)13-24-21(23-11-10-17-6-8-19(32-5)9-7-17)25-15-22(2,31)18-12-26-29(3)14-18/h6-9,12,14,31H,10-11,13,15H2,1-5H3,(H2,23,24,25). The first-order valence-corrected chi connectivity index (χ1v) is 10.5. The number of aryl methyl sites for hydroxylation is 2. The summed E-state index contributed by atoms with van der Waals surface area (Å²) in [5.41, 5.74) is 0.812. The average molecular weight is 441 g/mol. The fraction of sp³-hybridized carbons (Fsp3) is 0.455. The first-order chi connectivity index (χ1) is 15.3. The summed E-state index contributed by atoms with van der Waals surface area (Å²) < 4.78 is 8.79. The van der Waals surface area contributed by atoms with Gasteiger partial charge in [0, 0.05) is 32.4 Å². The zero-order valence-electron chi connectivity index (χ0n) is 19.3. The largest absolute Gasteiger partial charge is 0.497 e. The van der Waals surface area contributed by atoms with Crippen molar-refractivity contribution < 1.29 is 9.84 Å². The van der Waals surface area contributed by atoms with E-state index in [-0.39, 0.29) is 6.54 Å². The molecule has 0 aliphatic rings. The smallest absolute Gasteiger partial charge is 0.191 e. The van der Waals surface area contributed by atoms with Crippen molar-refractivity contribution >= 4 is 5.96 Å². The summed E-state index contributed by atoms with van der Waals surface area (Å²) >= 11 is 0. The minimum Gasteiger partial charge on any atom is -0.497 e. The number of aromatic nitrogens is 5. The molecule has 0 spiro atoms. The summed E-state index contributed by atoms with van der Waals surface area (Å²) in [6.07, 6.45) is 4.28. The van der Waals surface area contributed by atoms with Crippen LogP contribution in [0.25, 0.3) is 0 Å². The highest BCUT2D eigenvalue weighted by Gasteiger charge is 2.25. The Kier molecular flexibility index (Phi) is 7.47. The zero-order chi connectivity index (χ0) is 23.1. The molecule has 0 saturated heterocycles. The van der Waals surface area contributed by atoms with Gasteiger partial charge in [0.25, 0.3) is 0 Å². The van der Waals surface area contributed by atoms with Gasteiger partial charge in [-0.1, -0.05) is 12.1 Å². The van der Waals surface area contributed by atoms with Crippen LogP contribution in [0.1, 0.15) is 29.7 Å². The Hall–Kier alpha value is -3.40. The van der Waals surface area contributed by atoms with Gasteiger partial charge in [-0.25, -0.2) is 4.99 Å². The fourth-order valence-electron chi connectivity index (χ4n) is 3.09. The van der Waals surface area contributed by atoms with E-state index < -0.39 is 5.60 Å². The summed E-state index contributed by atoms with van der Waals surface area (Å²) in [5, 5.41) is 29.9. The van der Waals surface area contributed by atoms with Crippen LogP contribution >= 0.6 is 0 Å². The highest BCUT2D eigenvalue weighted by molar-refractivity contribution is 5.79. The Bertz CT molecular complexity index is 1040. The molecule has 1 aromatic carbocycles. The van der Waals surface area contributed by atoms with E-state index in [1.165, 1.54) is 5.56 Å². The van der Waals surface area contributed by atoms with E-state index in [0.29, 0.717) is 19.0 Å². The van der Waals surface area contributed by atoms with Crippen LogP contribution in [0.5, 0.6) is 5.75 Å². The number of benzene rings is 1. The number of nitrogens with one attached hydrogen (secondary N) is 2. The predicted octanol–water partition coefficient (Wildman–Crippen LogP) is 1.05. The quantitative estimate of drug-likeness (QED) is 0.337. The molecule has 1 unspecified atom stereocenters. The van der Waals surface area contributed by atoms with Crippen molar-refractivity contribution in [1.82, 2.24) is 35.2 Å². The highest BCUT2D eigenvalue weighted by atomic mass is 16.5. The lowest BCUT2D eigenvalue weighted by atomic mass is 10.00. The van der Waals surface area contributed by atoms with Crippen molar-refractivity contribution in [3.63, 3.8) is 0 Å². The second-order valence-corrected chi connectivity index (χ2v) is 7.94. The molecule has 172 valence electrons. The van der Waals surface area contributed by atoms with Crippen LogP contribution in [-0.2, 0) is 32.7 Å². The molecule has 10 nitrogen and oxygen atoms in total. The van der Waals surface area contributed by atoms with Crippen LogP contribution in [-0.4, -0.2) is 55.8 Å². The molecular formula is C22H32N8O2. The van der Waals surface area contributed by atoms with Gasteiger partial charge in [0.15, 0.2) is 11.8 Å². The van der Waals surface area contributed by atoms with Crippen LogP contribution in [0.4, 0.5) is 0 Å². The van der Waals surface area contributed by atoms with Gasteiger partial charge in [-0.15, -0.1) is 10.2 Å². The third-order valence-electron chi connectivity index (χ3n) is 5.35. The molecule has 1 atom stereocenters. The molecule has 0 fully saturated rings. The number of ether oxygens (including phenoxy) is 1. The van der Waals surface area contributed by atoms with Crippen molar-refractivity contribution in [3.05, 3.63) is 59.4 Å². The Morgan fingerprint density at radius 2 is 1.94 bits per heavy atom. The van der Waals surface area contributed by atoms with Crippen molar-refractivity contribution in [2.24, 2.45) is 19.1 Å². The van der Waals surface area contributed by atoms with Gasteiger partial charge in [0.1, 0.15) is 23.7 Å².